The van der Waals surface area contributed by atoms with Gasteiger partial charge in [0.2, 0.25) is 5.91 Å². The van der Waals surface area contributed by atoms with Crippen molar-refractivity contribution in [3.63, 3.8) is 0 Å². The molecule has 4 nitrogen and oxygen atoms in total. The largest absolute Gasteiger partial charge is 0.355 e. The number of thiazole rings is 1. The molecule has 110 valence electrons. The van der Waals surface area contributed by atoms with Crippen LogP contribution in [0.4, 0.5) is 0 Å². The normalized spacial score (nSPS) is 11.9. The molecule has 0 unspecified atom stereocenters. The van der Waals surface area contributed by atoms with Gasteiger partial charge in [0.05, 0.1) is 12.1 Å². The minimum absolute atomic E-state index is 0.0575. The predicted octanol–water partition coefficient (Wildman–Crippen LogP) is 2.98. The van der Waals surface area contributed by atoms with Crippen molar-refractivity contribution in [1.29, 1.82) is 0 Å². The summed E-state index contributed by atoms with van der Waals surface area (Å²) < 4.78 is 1.96. The highest BCUT2D eigenvalue weighted by Gasteiger charge is 2.18. The zero-order valence-electron chi connectivity index (χ0n) is 12.6. The predicted molar refractivity (Wildman–Crippen MR) is 82.9 cm³/mol. The number of fused-ring (bicyclic) bond motifs is 1. The van der Waals surface area contributed by atoms with E-state index in [2.05, 4.69) is 38.0 Å². The van der Waals surface area contributed by atoms with Crippen LogP contribution >= 0.6 is 11.3 Å². The number of imidazole rings is 1. The van der Waals surface area contributed by atoms with Crippen molar-refractivity contribution in [2.45, 2.75) is 34.1 Å². The van der Waals surface area contributed by atoms with E-state index in [0.717, 1.165) is 17.2 Å². The molecule has 1 N–H and O–H groups in total. The molecule has 2 aromatic heterocycles. The summed E-state index contributed by atoms with van der Waals surface area (Å²) in [4.78, 5) is 17.4. The molecule has 1 amide bonds. The highest BCUT2D eigenvalue weighted by Crippen LogP contribution is 2.19. The molecule has 5 heteroatoms. The molecule has 0 bridgehead atoms. The Morgan fingerprint density at radius 3 is 2.65 bits per heavy atom. The zero-order chi connectivity index (χ0) is 14.7. The Kier molecular flexibility index (Phi) is 4.81. The van der Waals surface area contributed by atoms with Gasteiger partial charge in [0.25, 0.3) is 0 Å². The lowest BCUT2D eigenvalue weighted by molar-refractivity contribution is -0.120. The third-order valence-corrected chi connectivity index (χ3v) is 4.50. The van der Waals surface area contributed by atoms with Gasteiger partial charge in [-0.25, -0.2) is 4.98 Å². The smallest absolute Gasteiger partial charge is 0.226 e. The maximum atomic E-state index is 12.0. The Labute approximate surface area is 124 Å². The third kappa shape index (κ3) is 3.60. The number of rotatable bonds is 6. The van der Waals surface area contributed by atoms with Crippen molar-refractivity contribution in [3.05, 3.63) is 23.5 Å². The van der Waals surface area contributed by atoms with Gasteiger partial charge in [-0.05, 0) is 17.8 Å². The van der Waals surface area contributed by atoms with Crippen LogP contribution in [-0.2, 0) is 11.2 Å². The van der Waals surface area contributed by atoms with Crippen molar-refractivity contribution in [1.82, 2.24) is 14.7 Å². The molecule has 0 aliphatic carbocycles. The standard InChI is InChI=1S/C15H23N3OS/c1-10(2)13(11(3)4)8-16-14(19)7-12-9-18-5-6-20-15(18)17-12/h5-6,9-11,13H,7-8H2,1-4H3,(H,16,19). The molecular formula is C15H23N3OS. The quantitative estimate of drug-likeness (QED) is 0.890. The summed E-state index contributed by atoms with van der Waals surface area (Å²) in [5.74, 6) is 1.73. The Bertz CT molecular complexity index is 534. The van der Waals surface area contributed by atoms with Crippen molar-refractivity contribution >= 4 is 22.2 Å². The van der Waals surface area contributed by atoms with Crippen LogP contribution in [0, 0.1) is 17.8 Å². The Balaban J connectivity index is 1.87. The van der Waals surface area contributed by atoms with E-state index in [1.807, 2.05) is 22.2 Å². The molecule has 0 aromatic carbocycles. The number of amides is 1. The van der Waals surface area contributed by atoms with Crippen LogP contribution in [0.25, 0.3) is 4.96 Å². The second-order valence-electron chi connectivity index (χ2n) is 5.96. The molecule has 0 aliphatic rings. The fourth-order valence-electron chi connectivity index (χ4n) is 2.56. The first-order valence-electron chi connectivity index (χ1n) is 7.15. The summed E-state index contributed by atoms with van der Waals surface area (Å²) in [5.41, 5.74) is 0.833. The maximum Gasteiger partial charge on any atom is 0.226 e. The number of carbonyl (C=O) groups excluding carboxylic acids is 1. The first-order valence-corrected chi connectivity index (χ1v) is 8.03. The van der Waals surface area contributed by atoms with E-state index in [9.17, 15) is 4.79 Å². The van der Waals surface area contributed by atoms with Crippen LogP contribution in [0.3, 0.4) is 0 Å². The lowest BCUT2D eigenvalue weighted by atomic mass is 9.85. The SMILES string of the molecule is CC(C)C(CNC(=O)Cc1cn2ccsc2n1)C(C)C. The molecule has 0 aliphatic heterocycles. The van der Waals surface area contributed by atoms with Crippen molar-refractivity contribution < 1.29 is 4.79 Å². The van der Waals surface area contributed by atoms with Crippen LogP contribution in [-0.4, -0.2) is 21.8 Å². The number of hydrogen-bond donors (Lipinski definition) is 1. The van der Waals surface area contributed by atoms with E-state index in [0.29, 0.717) is 24.2 Å². The molecule has 2 aromatic rings. The van der Waals surface area contributed by atoms with Gasteiger partial charge >= 0.3 is 0 Å². The van der Waals surface area contributed by atoms with Gasteiger partial charge in [-0.15, -0.1) is 11.3 Å². The Hall–Kier alpha value is -1.36. The van der Waals surface area contributed by atoms with Crippen LogP contribution in [0.5, 0.6) is 0 Å². The molecule has 0 fully saturated rings. The fraction of sp³-hybridized carbons (Fsp3) is 0.600. The summed E-state index contributed by atoms with van der Waals surface area (Å²) in [6.07, 6.45) is 4.24. The van der Waals surface area contributed by atoms with Crippen LogP contribution in [0.15, 0.2) is 17.8 Å². The summed E-state index contributed by atoms with van der Waals surface area (Å²) in [5, 5.41) is 5.03. The average Bonchev–Trinajstić information content (AvgIpc) is 2.88. The lowest BCUT2D eigenvalue weighted by Gasteiger charge is -2.24. The first kappa shape index (κ1) is 15.0. The zero-order valence-corrected chi connectivity index (χ0v) is 13.4. The summed E-state index contributed by atoms with van der Waals surface area (Å²) in [6, 6.07) is 0. The highest BCUT2D eigenvalue weighted by atomic mass is 32.1. The lowest BCUT2D eigenvalue weighted by Crippen LogP contribution is -2.34. The number of nitrogens with zero attached hydrogens (tertiary/aromatic N) is 2. The fourth-order valence-corrected chi connectivity index (χ4v) is 3.28. The second-order valence-corrected chi connectivity index (χ2v) is 6.83. The van der Waals surface area contributed by atoms with Gasteiger partial charge in [-0.2, -0.15) is 0 Å². The minimum atomic E-state index is 0.0575. The molecule has 0 saturated heterocycles. The molecule has 2 heterocycles. The van der Waals surface area contributed by atoms with Crippen LogP contribution in [0.1, 0.15) is 33.4 Å². The van der Waals surface area contributed by atoms with E-state index in [1.165, 1.54) is 0 Å². The van der Waals surface area contributed by atoms with Gasteiger partial charge < -0.3 is 5.32 Å². The van der Waals surface area contributed by atoms with Crippen molar-refractivity contribution in [2.24, 2.45) is 17.8 Å². The number of hydrogen-bond acceptors (Lipinski definition) is 3. The minimum Gasteiger partial charge on any atom is -0.355 e. The molecule has 0 saturated carbocycles. The molecular weight excluding hydrogens is 270 g/mol. The van der Waals surface area contributed by atoms with Crippen LogP contribution < -0.4 is 5.32 Å². The van der Waals surface area contributed by atoms with Gasteiger partial charge in [-0.1, -0.05) is 27.7 Å². The molecule has 0 radical (unpaired) electrons. The highest BCUT2D eigenvalue weighted by molar-refractivity contribution is 7.15. The first-order chi connectivity index (χ1) is 9.47. The molecule has 2 rings (SSSR count). The van der Waals surface area contributed by atoms with Crippen molar-refractivity contribution in [2.75, 3.05) is 6.54 Å². The van der Waals surface area contributed by atoms with Gasteiger partial charge in [0.1, 0.15) is 0 Å². The number of nitrogens with one attached hydrogen (secondary N) is 1. The van der Waals surface area contributed by atoms with Gasteiger partial charge in [0, 0.05) is 24.3 Å². The number of aromatic nitrogens is 2. The van der Waals surface area contributed by atoms with E-state index in [4.69, 9.17) is 0 Å². The van der Waals surface area contributed by atoms with E-state index >= 15 is 0 Å². The molecule has 0 atom stereocenters. The summed E-state index contributed by atoms with van der Waals surface area (Å²) in [7, 11) is 0. The van der Waals surface area contributed by atoms with E-state index in [1.54, 1.807) is 11.3 Å². The Morgan fingerprint density at radius 2 is 2.05 bits per heavy atom. The average molecular weight is 293 g/mol. The number of carbonyl (C=O) groups is 1. The molecule has 0 spiro atoms. The maximum absolute atomic E-state index is 12.0. The summed E-state index contributed by atoms with van der Waals surface area (Å²) in [6.45, 7) is 9.58. The third-order valence-electron chi connectivity index (χ3n) is 3.73. The molecule has 20 heavy (non-hydrogen) atoms. The van der Waals surface area contributed by atoms with E-state index < -0.39 is 0 Å². The van der Waals surface area contributed by atoms with Crippen LogP contribution in [0.2, 0.25) is 0 Å². The van der Waals surface area contributed by atoms with Crippen molar-refractivity contribution in [3.8, 4) is 0 Å². The monoisotopic (exact) mass is 293 g/mol. The van der Waals surface area contributed by atoms with E-state index in [-0.39, 0.29) is 5.91 Å². The Morgan fingerprint density at radius 1 is 1.35 bits per heavy atom. The topological polar surface area (TPSA) is 46.4 Å². The summed E-state index contributed by atoms with van der Waals surface area (Å²) >= 11 is 1.58. The van der Waals surface area contributed by atoms with Gasteiger partial charge in [-0.3, -0.25) is 9.20 Å². The second kappa shape index (κ2) is 6.39. The van der Waals surface area contributed by atoms with Gasteiger partial charge in [0.15, 0.2) is 4.96 Å².